The van der Waals surface area contributed by atoms with Crippen LogP contribution in [-0.4, -0.2) is 15.8 Å². The Bertz CT molecular complexity index is 930. The van der Waals surface area contributed by atoms with Crippen LogP contribution in [-0.2, 0) is 4.79 Å². The fourth-order valence-electron chi connectivity index (χ4n) is 2.18. The molecule has 120 valence electrons. The highest BCUT2D eigenvalue weighted by Crippen LogP contribution is 2.23. The summed E-state index contributed by atoms with van der Waals surface area (Å²) in [5.74, 6) is -0.368. The Hall–Kier alpha value is -3.06. The fourth-order valence-corrected chi connectivity index (χ4v) is 3.05. The summed E-state index contributed by atoms with van der Waals surface area (Å²) in [5, 5.41) is 14.3. The van der Waals surface area contributed by atoms with Crippen LogP contribution in [0, 0.1) is 17.0 Å². The normalized spacial score (nSPS) is 11.0. The van der Waals surface area contributed by atoms with Crippen LogP contribution in [0.15, 0.2) is 48.5 Å². The van der Waals surface area contributed by atoms with Crippen molar-refractivity contribution in [2.75, 3.05) is 5.32 Å². The first-order chi connectivity index (χ1) is 11.5. The van der Waals surface area contributed by atoms with Crippen molar-refractivity contribution in [2.24, 2.45) is 0 Å². The third-order valence-electron chi connectivity index (χ3n) is 3.36. The van der Waals surface area contributed by atoms with E-state index in [4.69, 9.17) is 0 Å². The van der Waals surface area contributed by atoms with Crippen LogP contribution in [0.5, 0.6) is 0 Å². The molecule has 3 rings (SSSR count). The van der Waals surface area contributed by atoms with Gasteiger partial charge in [0, 0.05) is 23.4 Å². The molecule has 0 aliphatic heterocycles. The number of nitrogens with zero attached hydrogens (tertiary/aromatic N) is 2. The number of thiazole rings is 1. The van der Waals surface area contributed by atoms with Gasteiger partial charge in [0.15, 0.2) is 0 Å². The van der Waals surface area contributed by atoms with Gasteiger partial charge in [-0.1, -0.05) is 18.2 Å². The number of rotatable bonds is 4. The van der Waals surface area contributed by atoms with Gasteiger partial charge in [-0.2, -0.15) is 0 Å². The van der Waals surface area contributed by atoms with E-state index < -0.39 is 4.92 Å². The monoisotopic (exact) mass is 339 g/mol. The average Bonchev–Trinajstić information content (AvgIpc) is 2.97. The molecule has 0 saturated carbocycles. The fraction of sp³-hybridized carbons (Fsp3) is 0.0588. The highest BCUT2D eigenvalue weighted by Gasteiger charge is 2.11. The maximum absolute atomic E-state index is 12.0. The molecule has 0 saturated heterocycles. The third kappa shape index (κ3) is 3.47. The van der Waals surface area contributed by atoms with Crippen molar-refractivity contribution < 1.29 is 9.72 Å². The largest absolute Gasteiger partial charge is 0.322 e. The maximum Gasteiger partial charge on any atom is 0.274 e. The number of hydrogen-bond acceptors (Lipinski definition) is 5. The highest BCUT2D eigenvalue weighted by molar-refractivity contribution is 7.19. The van der Waals surface area contributed by atoms with Gasteiger partial charge in [-0.15, -0.1) is 11.3 Å². The molecule has 1 N–H and O–H groups in total. The van der Waals surface area contributed by atoms with Crippen molar-refractivity contribution in [3.05, 3.63) is 69.2 Å². The zero-order chi connectivity index (χ0) is 17.1. The van der Waals surface area contributed by atoms with E-state index in [1.165, 1.54) is 23.5 Å². The van der Waals surface area contributed by atoms with Gasteiger partial charge >= 0.3 is 0 Å². The second-order valence-electron chi connectivity index (χ2n) is 5.10. The van der Waals surface area contributed by atoms with Crippen molar-refractivity contribution in [1.29, 1.82) is 0 Å². The minimum Gasteiger partial charge on any atom is -0.322 e. The lowest BCUT2D eigenvalue weighted by molar-refractivity contribution is -0.385. The Balaban J connectivity index is 1.73. The first-order valence-electron chi connectivity index (χ1n) is 7.12. The molecule has 6 nitrogen and oxygen atoms in total. The summed E-state index contributed by atoms with van der Waals surface area (Å²) < 4.78 is 1.05. The number of aromatic nitrogens is 1. The topological polar surface area (TPSA) is 85.1 Å². The van der Waals surface area contributed by atoms with Gasteiger partial charge in [-0.25, -0.2) is 4.98 Å². The van der Waals surface area contributed by atoms with Crippen LogP contribution in [0.2, 0.25) is 0 Å². The molecule has 1 heterocycles. The lowest BCUT2D eigenvalue weighted by Gasteiger charge is -2.03. The zero-order valence-corrected chi connectivity index (χ0v) is 13.5. The molecule has 3 aromatic rings. The number of aryl methyl sites for hydroxylation is 1. The molecule has 0 unspecified atom stereocenters. The molecule has 24 heavy (non-hydrogen) atoms. The number of carbonyl (C=O) groups is 1. The second-order valence-corrected chi connectivity index (χ2v) is 6.16. The quantitative estimate of drug-likeness (QED) is 0.439. The van der Waals surface area contributed by atoms with E-state index in [-0.39, 0.29) is 11.6 Å². The van der Waals surface area contributed by atoms with Crippen LogP contribution >= 0.6 is 11.3 Å². The molecule has 0 aliphatic carbocycles. The van der Waals surface area contributed by atoms with Crippen LogP contribution < -0.4 is 5.32 Å². The van der Waals surface area contributed by atoms with Crippen molar-refractivity contribution in [3.63, 3.8) is 0 Å². The van der Waals surface area contributed by atoms with Crippen molar-refractivity contribution in [2.45, 2.75) is 6.92 Å². The number of amides is 1. The van der Waals surface area contributed by atoms with E-state index in [9.17, 15) is 14.9 Å². The molecule has 7 heteroatoms. The van der Waals surface area contributed by atoms with E-state index in [1.54, 1.807) is 25.1 Å². The summed E-state index contributed by atoms with van der Waals surface area (Å²) in [6.07, 6.45) is 2.99. The molecule has 1 aromatic heterocycles. The molecule has 0 radical (unpaired) electrons. The summed E-state index contributed by atoms with van der Waals surface area (Å²) >= 11 is 1.49. The van der Waals surface area contributed by atoms with Crippen LogP contribution in [0.1, 0.15) is 10.6 Å². The van der Waals surface area contributed by atoms with Gasteiger partial charge in [-0.3, -0.25) is 14.9 Å². The lowest BCUT2D eigenvalue weighted by Crippen LogP contribution is -2.08. The third-order valence-corrected chi connectivity index (χ3v) is 4.36. The molecule has 0 fully saturated rings. The van der Waals surface area contributed by atoms with E-state index in [2.05, 4.69) is 10.3 Å². The number of nitro groups is 1. The Morgan fingerprint density at radius 1 is 1.29 bits per heavy atom. The standard InChI is InChI=1S/C17H13N3O3S/c1-11-6-7-12(10-14(11)20(22)23)18-16(21)8-9-17-19-13-4-2-3-5-15(13)24-17/h2-10H,1H3,(H,18,21)/b9-8+. The number of anilines is 1. The smallest absolute Gasteiger partial charge is 0.274 e. The van der Waals surface area contributed by atoms with Gasteiger partial charge in [-0.05, 0) is 31.2 Å². The van der Waals surface area contributed by atoms with Gasteiger partial charge < -0.3 is 5.32 Å². The molecule has 0 bridgehead atoms. The first kappa shape index (κ1) is 15.8. The van der Waals surface area contributed by atoms with E-state index in [1.807, 2.05) is 24.3 Å². The lowest BCUT2D eigenvalue weighted by atomic mass is 10.2. The molecule has 0 spiro atoms. The molecule has 2 aromatic carbocycles. The number of nitro benzene ring substituents is 1. The van der Waals surface area contributed by atoms with E-state index in [0.29, 0.717) is 11.3 Å². The number of benzene rings is 2. The number of hydrogen-bond donors (Lipinski definition) is 1. The summed E-state index contributed by atoms with van der Waals surface area (Å²) in [6.45, 7) is 1.65. The van der Waals surface area contributed by atoms with E-state index >= 15 is 0 Å². The first-order valence-corrected chi connectivity index (χ1v) is 7.94. The molecule has 0 aliphatic rings. The molecule has 1 amide bonds. The predicted octanol–water partition coefficient (Wildman–Crippen LogP) is 4.16. The van der Waals surface area contributed by atoms with E-state index in [0.717, 1.165) is 15.2 Å². The van der Waals surface area contributed by atoms with Crippen LogP contribution in [0.25, 0.3) is 16.3 Å². The maximum atomic E-state index is 12.0. The average molecular weight is 339 g/mol. The Morgan fingerprint density at radius 3 is 2.83 bits per heavy atom. The van der Waals surface area contributed by atoms with Crippen LogP contribution in [0.3, 0.4) is 0 Å². The van der Waals surface area contributed by atoms with Crippen molar-refractivity contribution >= 4 is 44.9 Å². The highest BCUT2D eigenvalue weighted by atomic mass is 32.1. The molecular weight excluding hydrogens is 326 g/mol. The number of para-hydroxylation sites is 1. The zero-order valence-electron chi connectivity index (χ0n) is 12.7. The predicted molar refractivity (Wildman–Crippen MR) is 95.1 cm³/mol. The Labute approximate surface area is 141 Å². The SMILES string of the molecule is Cc1ccc(NC(=O)/C=C/c2nc3ccccc3s2)cc1[N+](=O)[O-]. The van der Waals surface area contributed by atoms with Crippen LogP contribution in [0.4, 0.5) is 11.4 Å². The molecule has 0 atom stereocenters. The van der Waals surface area contributed by atoms with Crippen molar-refractivity contribution in [1.82, 2.24) is 4.98 Å². The van der Waals surface area contributed by atoms with Gasteiger partial charge in [0.25, 0.3) is 5.69 Å². The number of carbonyl (C=O) groups excluding carboxylic acids is 1. The summed E-state index contributed by atoms with van der Waals surface area (Å²) in [6, 6.07) is 12.3. The molecular formula is C17H13N3O3S. The second kappa shape index (κ2) is 6.59. The number of fused-ring (bicyclic) bond motifs is 1. The Morgan fingerprint density at radius 2 is 2.08 bits per heavy atom. The minimum absolute atomic E-state index is 0.0250. The Kier molecular flexibility index (Phi) is 4.35. The van der Waals surface area contributed by atoms with Gasteiger partial charge in [0.05, 0.1) is 15.1 Å². The van der Waals surface area contributed by atoms with Crippen molar-refractivity contribution in [3.8, 4) is 0 Å². The minimum atomic E-state index is -0.470. The van der Waals surface area contributed by atoms with Gasteiger partial charge in [0.1, 0.15) is 5.01 Å². The van der Waals surface area contributed by atoms with Gasteiger partial charge in [0.2, 0.25) is 5.91 Å². The number of nitrogens with one attached hydrogen (secondary N) is 1. The summed E-state index contributed by atoms with van der Waals surface area (Å²) in [7, 11) is 0. The summed E-state index contributed by atoms with van der Waals surface area (Å²) in [5.41, 5.74) is 1.79. The summed E-state index contributed by atoms with van der Waals surface area (Å²) in [4.78, 5) is 26.8.